The van der Waals surface area contributed by atoms with E-state index in [1.165, 1.54) is 4.90 Å². The molecule has 3 fully saturated rings. The Kier molecular flexibility index (Phi) is 5.32. The maximum absolute atomic E-state index is 12.6. The van der Waals surface area contributed by atoms with Gasteiger partial charge < -0.3 is 15.1 Å². The Balaban J connectivity index is 1.50. The lowest BCUT2D eigenvalue weighted by molar-refractivity contribution is -0.134. The fourth-order valence-electron chi connectivity index (χ4n) is 4.41. The summed E-state index contributed by atoms with van der Waals surface area (Å²) in [7, 11) is 1.85. The predicted molar refractivity (Wildman–Crippen MR) is 94.0 cm³/mol. The largest absolute Gasteiger partial charge is 0.343 e. The molecule has 1 aliphatic carbocycles. The van der Waals surface area contributed by atoms with Crippen LogP contribution in [0.4, 0.5) is 4.79 Å². The van der Waals surface area contributed by atoms with Crippen LogP contribution in [0.15, 0.2) is 0 Å². The van der Waals surface area contributed by atoms with Crippen LogP contribution in [-0.4, -0.2) is 77.4 Å². The molecule has 0 radical (unpaired) electrons. The van der Waals surface area contributed by atoms with Gasteiger partial charge in [-0.15, -0.1) is 0 Å². The number of nitrogens with zero attached hydrogens (tertiary/aromatic N) is 3. The molecule has 25 heavy (non-hydrogen) atoms. The molecule has 4 amide bonds. The van der Waals surface area contributed by atoms with E-state index in [9.17, 15) is 14.4 Å². The van der Waals surface area contributed by atoms with E-state index in [4.69, 9.17) is 0 Å². The highest BCUT2D eigenvalue weighted by Crippen LogP contribution is 2.35. The van der Waals surface area contributed by atoms with E-state index in [1.807, 2.05) is 11.9 Å². The monoisotopic (exact) mass is 350 g/mol. The second-order valence-corrected chi connectivity index (χ2v) is 7.60. The van der Waals surface area contributed by atoms with E-state index >= 15 is 0 Å². The normalized spacial score (nSPS) is 24.2. The summed E-state index contributed by atoms with van der Waals surface area (Å²) in [6.45, 7) is 5.44. The molecule has 0 aromatic rings. The van der Waals surface area contributed by atoms with Gasteiger partial charge in [0.25, 0.3) is 5.91 Å². The molecule has 0 aromatic heterocycles. The number of urea groups is 1. The summed E-state index contributed by atoms with van der Waals surface area (Å²) in [6.07, 6.45) is 5.57. The molecule has 3 aliphatic rings. The molecule has 0 unspecified atom stereocenters. The molecule has 2 saturated heterocycles. The Morgan fingerprint density at radius 3 is 2.48 bits per heavy atom. The number of nitrogens with one attached hydrogen (secondary N) is 1. The molecule has 140 valence electrons. The number of rotatable bonds is 5. The number of piperidine rings is 1. The Bertz CT molecular complexity index is 536. The summed E-state index contributed by atoms with van der Waals surface area (Å²) in [5.74, 6) is -0.121. The van der Waals surface area contributed by atoms with Crippen molar-refractivity contribution in [3.05, 3.63) is 0 Å². The third-order valence-electron chi connectivity index (χ3n) is 6.20. The van der Waals surface area contributed by atoms with E-state index in [0.29, 0.717) is 0 Å². The van der Waals surface area contributed by atoms with Crippen LogP contribution < -0.4 is 5.32 Å². The first-order valence-electron chi connectivity index (χ1n) is 9.59. The molecular formula is C18H30N4O3. The van der Waals surface area contributed by atoms with Crippen molar-refractivity contribution in [1.29, 1.82) is 0 Å². The number of hydrogen-bond donors (Lipinski definition) is 1. The minimum atomic E-state index is -0.682. The van der Waals surface area contributed by atoms with Gasteiger partial charge >= 0.3 is 6.03 Å². The third kappa shape index (κ3) is 3.52. The third-order valence-corrected chi connectivity index (χ3v) is 6.20. The van der Waals surface area contributed by atoms with Crippen LogP contribution in [0, 0.1) is 0 Å². The molecule has 0 aromatic carbocycles. The molecular weight excluding hydrogens is 320 g/mol. The Hall–Kier alpha value is -1.63. The van der Waals surface area contributed by atoms with Gasteiger partial charge in [0.15, 0.2) is 0 Å². The van der Waals surface area contributed by atoms with Crippen molar-refractivity contribution in [1.82, 2.24) is 20.0 Å². The number of carbonyl (C=O) groups is 3. The maximum atomic E-state index is 12.6. The van der Waals surface area contributed by atoms with Gasteiger partial charge in [-0.1, -0.05) is 19.8 Å². The van der Waals surface area contributed by atoms with Gasteiger partial charge in [0, 0.05) is 39.1 Å². The van der Waals surface area contributed by atoms with Crippen LogP contribution in [0.5, 0.6) is 0 Å². The van der Waals surface area contributed by atoms with E-state index < -0.39 is 5.54 Å². The lowest BCUT2D eigenvalue weighted by Crippen LogP contribution is -2.46. The predicted octanol–water partition coefficient (Wildman–Crippen LogP) is 1.18. The zero-order chi connectivity index (χ0) is 18.0. The van der Waals surface area contributed by atoms with Crippen LogP contribution in [0.3, 0.4) is 0 Å². The van der Waals surface area contributed by atoms with Crippen molar-refractivity contribution in [2.75, 3.05) is 33.2 Å². The average molecular weight is 350 g/mol. The number of carbonyl (C=O) groups excluding carboxylic acids is 3. The minimum Gasteiger partial charge on any atom is -0.343 e. The summed E-state index contributed by atoms with van der Waals surface area (Å²) in [4.78, 5) is 42.7. The molecule has 0 atom stereocenters. The molecule has 1 saturated carbocycles. The maximum Gasteiger partial charge on any atom is 0.325 e. The fourth-order valence-corrected chi connectivity index (χ4v) is 4.41. The lowest BCUT2D eigenvalue weighted by atomic mass is 9.98. The molecule has 3 rings (SSSR count). The van der Waals surface area contributed by atoms with E-state index in [-0.39, 0.29) is 36.9 Å². The van der Waals surface area contributed by atoms with Crippen molar-refractivity contribution in [3.8, 4) is 0 Å². The van der Waals surface area contributed by atoms with Crippen molar-refractivity contribution < 1.29 is 14.4 Å². The molecule has 1 spiro atoms. The standard InChI is InChI=1S/C18H30N4O3/c1-3-21-11-6-14(7-12-21)20(2)15(23)8-13-22-16(24)18(19-17(22)25)9-4-5-10-18/h14H,3-13H2,1-2H3,(H,19,25). The van der Waals surface area contributed by atoms with Gasteiger partial charge in [0.1, 0.15) is 5.54 Å². The van der Waals surface area contributed by atoms with E-state index in [2.05, 4.69) is 17.1 Å². The first kappa shape index (κ1) is 18.2. The van der Waals surface area contributed by atoms with Gasteiger partial charge in [-0.25, -0.2) is 4.79 Å². The smallest absolute Gasteiger partial charge is 0.325 e. The molecule has 2 heterocycles. The summed E-state index contributed by atoms with van der Waals surface area (Å²) in [6, 6.07) is -0.0711. The van der Waals surface area contributed by atoms with Crippen molar-refractivity contribution in [2.24, 2.45) is 0 Å². The zero-order valence-electron chi connectivity index (χ0n) is 15.4. The highest BCUT2D eigenvalue weighted by Gasteiger charge is 2.52. The van der Waals surface area contributed by atoms with E-state index in [1.54, 1.807) is 0 Å². The SMILES string of the molecule is CCN1CCC(N(C)C(=O)CCN2C(=O)NC3(CCCC3)C2=O)CC1. The van der Waals surface area contributed by atoms with Crippen molar-refractivity contribution in [3.63, 3.8) is 0 Å². The highest BCUT2D eigenvalue weighted by atomic mass is 16.2. The minimum absolute atomic E-state index is 0.0166. The molecule has 7 heteroatoms. The average Bonchev–Trinajstić information content (AvgIpc) is 3.18. The van der Waals surface area contributed by atoms with Gasteiger partial charge in [0.2, 0.25) is 5.91 Å². The lowest BCUT2D eigenvalue weighted by Gasteiger charge is -2.36. The van der Waals surface area contributed by atoms with Crippen LogP contribution in [0.1, 0.15) is 51.9 Å². The summed E-state index contributed by atoms with van der Waals surface area (Å²) in [5, 5.41) is 2.86. The number of imide groups is 1. The van der Waals surface area contributed by atoms with Crippen molar-refractivity contribution in [2.45, 2.75) is 63.5 Å². The molecule has 7 nitrogen and oxygen atoms in total. The van der Waals surface area contributed by atoms with Crippen LogP contribution >= 0.6 is 0 Å². The van der Waals surface area contributed by atoms with Crippen LogP contribution in [0.2, 0.25) is 0 Å². The Morgan fingerprint density at radius 2 is 1.88 bits per heavy atom. The van der Waals surface area contributed by atoms with Gasteiger partial charge in [-0.05, 0) is 32.2 Å². The van der Waals surface area contributed by atoms with E-state index in [0.717, 1.165) is 58.2 Å². The second kappa shape index (κ2) is 7.32. The Morgan fingerprint density at radius 1 is 1.24 bits per heavy atom. The van der Waals surface area contributed by atoms with Crippen LogP contribution in [-0.2, 0) is 9.59 Å². The Labute approximate surface area is 149 Å². The van der Waals surface area contributed by atoms with Gasteiger partial charge in [-0.2, -0.15) is 0 Å². The van der Waals surface area contributed by atoms with Gasteiger partial charge in [-0.3, -0.25) is 14.5 Å². The number of likely N-dealkylation sites (tertiary alicyclic amines) is 1. The zero-order valence-corrected chi connectivity index (χ0v) is 15.4. The summed E-state index contributed by atoms with van der Waals surface area (Å²) < 4.78 is 0. The highest BCUT2D eigenvalue weighted by molar-refractivity contribution is 6.07. The quantitative estimate of drug-likeness (QED) is 0.756. The molecule has 0 bridgehead atoms. The first-order chi connectivity index (χ1) is 12.0. The van der Waals surface area contributed by atoms with Gasteiger partial charge in [0.05, 0.1) is 0 Å². The first-order valence-corrected chi connectivity index (χ1v) is 9.59. The number of amides is 4. The summed E-state index contributed by atoms with van der Waals surface area (Å²) >= 11 is 0. The van der Waals surface area contributed by atoms with Crippen LogP contribution in [0.25, 0.3) is 0 Å². The number of hydrogen-bond acceptors (Lipinski definition) is 4. The molecule has 1 N–H and O–H groups in total. The summed E-state index contributed by atoms with van der Waals surface area (Å²) in [5.41, 5.74) is -0.682. The topological polar surface area (TPSA) is 73.0 Å². The second-order valence-electron chi connectivity index (χ2n) is 7.60. The van der Waals surface area contributed by atoms with Crippen molar-refractivity contribution >= 4 is 17.8 Å². The fraction of sp³-hybridized carbons (Fsp3) is 0.833. The molecule has 2 aliphatic heterocycles.